The zero-order chi connectivity index (χ0) is 19.3. The van der Waals surface area contributed by atoms with Crippen LogP contribution in [0.5, 0.6) is 0 Å². The lowest BCUT2D eigenvalue weighted by atomic mass is 9.87. The third-order valence-electron chi connectivity index (χ3n) is 4.00. The van der Waals surface area contributed by atoms with E-state index in [9.17, 15) is 4.79 Å². The number of thiophene rings is 1. The number of carbonyl (C=O) groups excluding carboxylic acids is 1. The minimum Gasteiger partial charge on any atom is -0.411 e. The van der Waals surface area contributed by atoms with Crippen LogP contribution in [-0.2, 0) is 16.6 Å². The van der Waals surface area contributed by atoms with E-state index in [4.69, 9.17) is 4.42 Å². The molecule has 1 N–H and O–H groups in total. The van der Waals surface area contributed by atoms with Crippen LogP contribution < -0.4 is 5.32 Å². The molecule has 0 aliphatic heterocycles. The van der Waals surface area contributed by atoms with Crippen LogP contribution >= 0.6 is 23.1 Å². The van der Waals surface area contributed by atoms with Gasteiger partial charge in [0.25, 0.3) is 5.22 Å². The number of amides is 1. The average Bonchev–Trinajstić information content (AvgIpc) is 3.31. The molecule has 0 fully saturated rings. The zero-order valence-electron chi connectivity index (χ0n) is 15.7. The summed E-state index contributed by atoms with van der Waals surface area (Å²) in [5.74, 6) is 0.691. The van der Waals surface area contributed by atoms with Crippen LogP contribution in [0.3, 0.4) is 0 Å². The summed E-state index contributed by atoms with van der Waals surface area (Å²) in [7, 11) is 0. The lowest BCUT2D eigenvalue weighted by molar-refractivity contribution is -0.118. The van der Waals surface area contributed by atoms with E-state index in [1.165, 1.54) is 22.2 Å². The number of hydrogen-bond donors (Lipinski definition) is 1. The first-order chi connectivity index (χ1) is 12.9. The van der Waals surface area contributed by atoms with E-state index >= 15 is 0 Å². The molecule has 5 nitrogen and oxygen atoms in total. The van der Waals surface area contributed by atoms with Crippen molar-refractivity contribution in [3.63, 3.8) is 0 Å². The second-order valence-corrected chi connectivity index (χ2v) is 9.13. The number of benzene rings is 1. The molecule has 3 aromatic rings. The summed E-state index contributed by atoms with van der Waals surface area (Å²) >= 11 is 2.95. The van der Waals surface area contributed by atoms with Gasteiger partial charge in [-0.25, -0.2) is 0 Å². The molecule has 0 atom stereocenters. The van der Waals surface area contributed by atoms with Gasteiger partial charge < -0.3 is 9.73 Å². The van der Waals surface area contributed by atoms with E-state index in [0.717, 1.165) is 12.0 Å². The number of hydrogen-bond acceptors (Lipinski definition) is 6. The number of thioether (sulfide) groups is 1. The van der Waals surface area contributed by atoms with Crippen molar-refractivity contribution in [2.75, 3.05) is 12.3 Å². The monoisotopic (exact) mass is 401 g/mol. The summed E-state index contributed by atoms with van der Waals surface area (Å²) in [6.45, 7) is 7.16. The molecule has 0 unspecified atom stereocenters. The Morgan fingerprint density at radius 2 is 1.96 bits per heavy atom. The van der Waals surface area contributed by atoms with Gasteiger partial charge in [-0.05, 0) is 41.0 Å². The van der Waals surface area contributed by atoms with Crippen LogP contribution in [-0.4, -0.2) is 28.4 Å². The highest BCUT2D eigenvalue weighted by atomic mass is 32.2. The van der Waals surface area contributed by atoms with E-state index in [1.54, 1.807) is 11.3 Å². The molecule has 7 heteroatoms. The molecular formula is C20H23N3O2S2. The van der Waals surface area contributed by atoms with E-state index in [0.29, 0.717) is 17.7 Å². The van der Waals surface area contributed by atoms with Gasteiger partial charge in [-0.1, -0.05) is 50.7 Å². The fourth-order valence-electron chi connectivity index (χ4n) is 2.46. The zero-order valence-corrected chi connectivity index (χ0v) is 17.3. The number of carbonyl (C=O) groups is 1. The largest absolute Gasteiger partial charge is 0.411 e. The van der Waals surface area contributed by atoms with E-state index in [1.807, 2.05) is 23.6 Å². The summed E-state index contributed by atoms with van der Waals surface area (Å²) in [6, 6.07) is 12.2. The second kappa shape index (κ2) is 8.71. The fourth-order valence-corrected chi connectivity index (χ4v) is 3.76. The number of rotatable bonds is 7. The molecule has 0 saturated heterocycles. The van der Waals surface area contributed by atoms with Crippen molar-refractivity contribution < 1.29 is 9.21 Å². The lowest BCUT2D eigenvalue weighted by Gasteiger charge is -2.18. The van der Waals surface area contributed by atoms with Crippen molar-refractivity contribution in [3.8, 4) is 11.5 Å². The van der Waals surface area contributed by atoms with Gasteiger partial charge in [0.15, 0.2) is 0 Å². The topological polar surface area (TPSA) is 68.0 Å². The van der Waals surface area contributed by atoms with E-state index in [2.05, 4.69) is 54.5 Å². The van der Waals surface area contributed by atoms with Crippen molar-refractivity contribution in [1.82, 2.24) is 15.5 Å². The Bertz CT molecular complexity index is 866. The van der Waals surface area contributed by atoms with Crippen molar-refractivity contribution in [3.05, 3.63) is 52.2 Å². The summed E-state index contributed by atoms with van der Waals surface area (Å²) in [4.78, 5) is 13.2. The third kappa shape index (κ3) is 5.68. The summed E-state index contributed by atoms with van der Waals surface area (Å²) in [5, 5.41) is 13.5. The van der Waals surface area contributed by atoms with Gasteiger partial charge in [-0.3, -0.25) is 4.79 Å². The van der Waals surface area contributed by atoms with Crippen LogP contribution in [0.2, 0.25) is 0 Å². The SMILES string of the molecule is CC(C)(C)c1ccc(-c2nnc(SCC(=O)NCCc3cccs3)o2)cc1. The highest BCUT2D eigenvalue weighted by Crippen LogP contribution is 2.27. The maximum atomic E-state index is 11.9. The average molecular weight is 402 g/mol. The molecule has 0 aliphatic carbocycles. The highest BCUT2D eigenvalue weighted by molar-refractivity contribution is 7.99. The predicted molar refractivity (Wildman–Crippen MR) is 110 cm³/mol. The van der Waals surface area contributed by atoms with Crippen molar-refractivity contribution in [2.24, 2.45) is 0 Å². The van der Waals surface area contributed by atoms with Crippen molar-refractivity contribution in [1.29, 1.82) is 0 Å². The molecule has 2 heterocycles. The molecule has 0 bridgehead atoms. The third-order valence-corrected chi connectivity index (χ3v) is 5.76. The van der Waals surface area contributed by atoms with Gasteiger partial charge in [0, 0.05) is 17.0 Å². The minimum absolute atomic E-state index is 0.0363. The van der Waals surface area contributed by atoms with Crippen LogP contribution in [0.4, 0.5) is 0 Å². The Labute approximate surface area is 167 Å². The Kier molecular flexibility index (Phi) is 6.34. The van der Waals surface area contributed by atoms with Gasteiger partial charge in [-0.15, -0.1) is 21.5 Å². The molecule has 27 heavy (non-hydrogen) atoms. The lowest BCUT2D eigenvalue weighted by Crippen LogP contribution is -2.27. The molecule has 1 aromatic carbocycles. The Hall–Kier alpha value is -2.12. The van der Waals surface area contributed by atoms with Gasteiger partial charge >= 0.3 is 0 Å². The maximum absolute atomic E-state index is 11.9. The first-order valence-corrected chi connectivity index (χ1v) is 10.6. The van der Waals surface area contributed by atoms with Crippen LogP contribution in [0.1, 0.15) is 31.2 Å². The van der Waals surface area contributed by atoms with Gasteiger partial charge in [-0.2, -0.15) is 0 Å². The van der Waals surface area contributed by atoms with E-state index in [-0.39, 0.29) is 17.1 Å². The molecule has 0 spiro atoms. The highest BCUT2D eigenvalue weighted by Gasteiger charge is 2.15. The van der Waals surface area contributed by atoms with Crippen LogP contribution in [0, 0.1) is 0 Å². The quantitative estimate of drug-likeness (QED) is 0.589. The normalized spacial score (nSPS) is 11.5. The van der Waals surface area contributed by atoms with Gasteiger partial charge in [0.1, 0.15) is 0 Å². The Morgan fingerprint density at radius 3 is 2.63 bits per heavy atom. The molecule has 1 amide bonds. The first-order valence-electron chi connectivity index (χ1n) is 8.78. The van der Waals surface area contributed by atoms with Crippen LogP contribution in [0.25, 0.3) is 11.5 Å². The summed E-state index contributed by atoms with van der Waals surface area (Å²) in [5.41, 5.74) is 2.23. The molecule has 0 radical (unpaired) electrons. The Balaban J connectivity index is 1.48. The summed E-state index contributed by atoms with van der Waals surface area (Å²) < 4.78 is 5.67. The van der Waals surface area contributed by atoms with Gasteiger partial charge in [0.05, 0.1) is 5.75 Å². The first kappa shape index (κ1) is 19.6. The Morgan fingerprint density at radius 1 is 1.19 bits per heavy atom. The molecule has 0 aliphatic rings. The predicted octanol–water partition coefficient (Wildman–Crippen LogP) is 4.55. The number of aromatic nitrogens is 2. The second-order valence-electron chi connectivity index (χ2n) is 7.17. The molecule has 0 saturated carbocycles. The van der Waals surface area contributed by atoms with Crippen LogP contribution in [0.15, 0.2) is 51.4 Å². The maximum Gasteiger partial charge on any atom is 0.277 e. The summed E-state index contributed by atoms with van der Waals surface area (Å²) in [6.07, 6.45) is 0.851. The standard InChI is InChI=1S/C20H23N3O2S2/c1-20(2,3)15-8-6-14(7-9-15)18-22-23-19(25-18)27-13-17(24)21-11-10-16-5-4-12-26-16/h4-9,12H,10-11,13H2,1-3H3,(H,21,24). The smallest absolute Gasteiger partial charge is 0.277 e. The van der Waals surface area contributed by atoms with Gasteiger partial charge in [0.2, 0.25) is 11.8 Å². The van der Waals surface area contributed by atoms with E-state index < -0.39 is 0 Å². The molecule has 3 rings (SSSR count). The molecule has 2 aromatic heterocycles. The fraction of sp³-hybridized carbons (Fsp3) is 0.350. The molecular weight excluding hydrogens is 378 g/mol. The minimum atomic E-state index is -0.0363. The number of nitrogens with one attached hydrogen (secondary N) is 1. The molecule has 142 valence electrons. The number of nitrogens with zero attached hydrogens (tertiary/aromatic N) is 2. The van der Waals surface area contributed by atoms with Crippen molar-refractivity contribution >= 4 is 29.0 Å². The van der Waals surface area contributed by atoms with Crippen molar-refractivity contribution in [2.45, 2.75) is 37.8 Å².